The van der Waals surface area contributed by atoms with E-state index in [9.17, 15) is 19.2 Å². The molecule has 0 saturated heterocycles. The molecule has 0 fully saturated rings. The molecule has 2 heterocycles. The molecule has 4 aromatic rings. The topological polar surface area (TPSA) is 120 Å². The number of carbonyl (C=O) groups excluding carboxylic acids is 2. The van der Waals surface area contributed by atoms with Crippen LogP contribution in [-0.2, 0) is 17.9 Å². The number of aromatic nitrogens is 4. The zero-order valence-electron chi connectivity index (χ0n) is 19.1. The Balaban J connectivity index is 1.84. The van der Waals surface area contributed by atoms with Crippen molar-refractivity contribution in [3.63, 3.8) is 0 Å². The third kappa shape index (κ3) is 4.73. The molecule has 0 radical (unpaired) electrons. The molecule has 10 nitrogen and oxygen atoms in total. The third-order valence-corrected chi connectivity index (χ3v) is 5.41. The Kier molecular flexibility index (Phi) is 6.57. The molecule has 0 unspecified atom stereocenters. The summed E-state index contributed by atoms with van der Waals surface area (Å²) in [5.41, 5.74) is -0.0664. The molecule has 0 atom stereocenters. The number of nitrogens with zero attached hydrogens (tertiary/aromatic N) is 4. The van der Waals surface area contributed by atoms with Crippen molar-refractivity contribution in [3.8, 4) is 0 Å². The van der Waals surface area contributed by atoms with Crippen LogP contribution in [0.4, 0.5) is 5.69 Å². The lowest BCUT2D eigenvalue weighted by Gasteiger charge is -2.11. The van der Waals surface area contributed by atoms with E-state index in [1.165, 1.54) is 33.2 Å². The first-order valence-corrected chi connectivity index (χ1v) is 11.2. The lowest BCUT2D eigenvalue weighted by molar-refractivity contribution is -0.117. The van der Waals surface area contributed by atoms with E-state index in [2.05, 4.69) is 22.3 Å². The van der Waals surface area contributed by atoms with E-state index in [-0.39, 0.29) is 40.7 Å². The minimum absolute atomic E-state index is 0.0318. The van der Waals surface area contributed by atoms with Crippen molar-refractivity contribution in [2.24, 2.45) is 0 Å². The highest BCUT2D eigenvalue weighted by Crippen LogP contribution is 2.16. The predicted octanol–water partition coefficient (Wildman–Crippen LogP) is 2.43. The van der Waals surface area contributed by atoms with Gasteiger partial charge in [-0.1, -0.05) is 23.7 Å². The number of hydrogen-bond donors (Lipinski definition) is 2. The maximum absolute atomic E-state index is 13.3. The van der Waals surface area contributed by atoms with Gasteiger partial charge in [0.15, 0.2) is 0 Å². The average Bonchev–Trinajstić information content (AvgIpc) is 3.11. The van der Waals surface area contributed by atoms with Crippen LogP contribution in [0.2, 0.25) is 5.02 Å². The Bertz CT molecular complexity index is 1600. The van der Waals surface area contributed by atoms with E-state index < -0.39 is 23.7 Å². The van der Waals surface area contributed by atoms with Crippen molar-refractivity contribution in [1.82, 2.24) is 24.1 Å². The fourth-order valence-electron chi connectivity index (χ4n) is 3.70. The summed E-state index contributed by atoms with van der Waals surface area (Å²) < 4.78 is 3.48. The maximum Gasteiger partial charge on any atom is 0.352 e. The normalized spacial score (nSPS) is 11.2. The Hall–Kier alpha value is -4.18. The van der Waals surface area contributed by atoms with Crippen LogP contribution >= 0.6 is 11.6 Å². The van der Waals surface area contributed by atoms with Gasteiger partial charge in [-0.3, -0.25) is 19.0 Å². The number of benzene rings is 2. The number of halogens is 1. The molecule has 0 bridgehead atoms. The Morgan fingerprint density at radius 3 is 2.63 bits per heavy atom. The van der Waals surface area contributed by atoms with Gasteiger partial charge < -0.3 is 10.6 Å². The van der Waals surface area contributed by atoms with Gasteiger partial charge in [-0.05, 0) is 50.2 Å². The number of nitrogens with one attached hydrogen (secondary N) is 2. The summed E-state index contributed by atoms with van der Waals surface area (Å²) in [5.74, 6) is -0.812. The van der Waals surface area contributed by atoms with Gasteiger partial charge in [-0.25, -0.2) is 13.9 Å². The van der Waals surface area contributed by atoms with Crippen molar-refractivity contribution in [3.05, 3.63) is 86.5 Å². The van der Waals surface area contributed by atoms with Crippen LogP contribution in [0.5, 0.6) is 0 Å². The van der Waals surface area contributed by atoms with E-state index in [1.807, 2.05) is 13.8 Å². The molecule has 2 N–H and O–H groups in total. The van der Waals surface area contributed by atoms with E-state index in [1.54, 1.807) is 24.3 Å². The Morgan fingerprint density at radius 1 is 1.17 bits per heavy atom. The summed E-state index contributed by atoms with van der Waals surface area (Å²) in [7, 11) is 0. The molecule has 0 aliphatic carbocycles. The average molecular weight is 495 g/mol. The monoisotopic (exact) mass is 494 g/mol. The highest BCUT2D eigenvalue weighted by atomic mass is 35.5. The van der Waals surface area contributed by atoms with Crippen molar-refractivity contribution < 1.29 is 9.59 Å². The van der Waals surface area contributed by atoms with Crippen LogP contribution in [0.25, 0.3) is 16.7 Å². The molecule has 0 saturated carbocycles. The SMILES string of the molecule is C=CCn1c(=O)c2ccc(C(=O)NC(C)C)cc2n2c(=O)n(CC(=O)Nc3cccc(Cl)c3)nc12. The number of fused-ring (bicyclic) bond motifs is 3. The number of anilines is 1. The van der Waals surface area contributed by atoms with Crippen molar-refractivity contribution >= 4 is 45.8 Å². The molecule has 35 heavy (non-hydrogen) atoms. The highest BCUT2D eigenvalue weighted by molar-refractivity contribution is 6.30. The van der Waals surface area contributed by atoms with Gasteiger partial charge in [0, 0.05) is 28.9 Å². The van der Waals surface area contributed by atoms with E-state index in [0.717, 1.165) is 4.68 Å². The number of amides is 2. The zero-order chi connectivity index (χ0) is 25.3. The number of allylic oxidation sites excluding steroid dienone is 1. The molecular formula is C24H23ClN6O4. The van der Waals surface area contributed by atoms with Gasteiger partial charge in [0.05, 0.1) is 10.9 Å². The summed E-state index contributed by atoms with van der Waals surface area (Å²) in [6.07, 6.45) is 1.51. The van der Waals surface area contributed by atoms with Crippen LogP contribution < -0.4 is 21.9 Å². The zero-order valence-corrected chi connectivity index (χ0v) is 19.9. The molecule has 180 valence electrons. The largest absolute Gasteiger partial charge is 0.352 e. The van der Waals surface area contributed by atoms with Crippen molar-refractivity contribution in [2.45, 2.75) is 33.0 Å². The van der Waals surface area contributed by atoms with Crippen molar-refractivity contribution in [2.75, 3.05) is 5.32 Å². The minimum Gasteiger partial charge on any atom is -0.350 e. The second kappa shape index (κ2) is 9.59. The van der Waals surface area contributed by atoms with Crippen LogP contribution in [-0.4, -0.2) is 36.6 Å². The second-order valence-corrected chi connectivity index (χ2v) is 8.64. The van der Waals surface area contributed by atoms with E-state index in [0.29, 0.717) is 10.7 Å². The molecule has 0 spiro atoms. The van der Waals surface area contributed by atoms with Crippen LogP contribution in [0.3, 0.4) is 0 Å². The molecule has 11 heteroatoms. The standard InChI is InChI=1S/C24H23ClN6O4/c1-4-10-29-22(34)18-9-8-15(21(33)26-14(2)3)11-19(18)31-23(29)28-30(24(31)35)13-20(32)27-17-7-5-6-16(25)12-17/h4-9,11-12,14H,1,10,13H2,2-3H3,(H,26,33)(H,27,32). The second-order valence-electron chi connectivity index (χ2n) is 8.20. The van der Waals surface area contributed by atoms with E-state index in [4.69, 9.17) is 11.6 Å². The molecule has 0 aliphatic heterocycles. The lowest BCUT2D eigenvalue weighted by Crippen LogP contribution is -2.31. The fourth-order valence-corrected chi connectivity index (χ4v) is 3.89. The predicted molar refractivity (Wildman–Crippen MR) is 134 cm³/mol. The van der Waals surface area contributed by atoms with Gasteiger partial charge in [-0.2, -0.15) is 0 Å². The Morgan fingerprint density at radius 2 is 1.94 bits per heavy atom. The first-order chi connectivity index (χ1) is 16.7. The third-order valence-electron chi connectivity index (χ3n) is 5.17. The van der Waals surface area contributed by atoms with E-state index >= 15 is 0 Å². The van der Waals surface area contributed by atoms with Crippen molar-refractivity contribution in [1.29, 1.82) is 0 Å². The van der Waals surface area contributed by atoms with Crippen LogP contribution in [0.1, 0.15) is 24.2 Å². The molecule has 2 aromatic heterocycles. The van der Waals surface area contributed by atoms with Crippen LogP contribution in [0, 0.1) is 0 Å². The highest BCUT2D eigenvalue weighted by Gasteiger charge is 2.20. The maximum atomic E-state index is 13.3. The summed E-state index contributed by atoms with van der Waals surface area (Å²) in [6, 6.07) is 11.0. The van der Waals surface area contributed by atoms with Gasteiger partial charge in [0.2, 0.25) is 11.7 Å². The number of carbonyl (C=O) groups is 2. The van der Waals surface area contributed by atoms with Gasteiger partial charge >= 0.3 is 5.69 Å². The smallest absolute Gasteiger partial charge is 0.350 e. The quantitative estimate of drug-likeness (QED) is 0.382. The van der Waals surface area contributed by atoms with Gasteiger partial charge in [0.1, 0.15) is 6.54 Å². The van der Waals surface area contributed by atoms with Crippen LogP contribution in [0.15, 0.2) is 64.7 Å². The first kappa shape index (κ1) is 24.0. The number of hydrogen-bond acceptors (Lipinski definition) is 5. The Labute approximate surface area is 204 Å². The molecular weight excluding hydrogens is 472 g/mol. The summed E-state index contributed by atoms with van der Waals surface area (Å²) in [5, 5.41) is 10.4. The minimum atomic E-state index is -0.634. The summed E-state index contributed by atoms with van der Waals surface area (Å²) in [6.45, 7) is 7.02. The summed E-state index contributed by atoms with van der Waals surface area (Å²) in [4.78, 5) is 51.6. The molecule has 2 amide bonds. The van der Waals surface area contributed by atoms with Gasteiger partial charge in [-0.15, -0.1) is 11.7 Å². The number of rotatable bonds is 7. The summed E-state index contributed by atoms with van der Waals surface area (Å²) >= 11 is 5.96. The molecule has 4 rings (SSSR count). The first-order valence-electron chi connectivity index (χ1n) is 10.8. The fraction of sp³-hybridized carbons (Fsp3) is 0.208. The molecule has 0 aliphatic rings. The van der Waals surface area contributed by atoms with Gasteiger partial charge in [0.25, 0.3) is 11.5 Å². The lowest BCUT2D eigenvalue weighted by atomic mass is 10.1. The molecule has 2 aromatic carbocycles.